The van der Waals surface area contributed by atoms with Gasteiger partial charge in [-0.15, -0.1) is 0 Å². The fourth-order valence-electron chi connectivity index (χ4n) is 2.21. The topological polar surface area (TPSA) is 46.4 Å². The SMILES string of the molecule is Cc1ccc(N=Cc2cccn2C(=O)Nc2ccc(Cl)c(Cl)c2)cc1. The Morgan fingerprint density at radius 3 is 2.56 bits per heavy atom. The molecule has 0 saturated heterocycles. The van der Waals surface area contributed by atoms with Gasteiger partial charge >= 0.3 is 6.03 Å². The molecule has 1 amide bonds. The van der Waals surface area contributed by atoms with Crippen LogP contribution in [0.3, 0.4) is 0 Å². The number of amides is 1. The lowest BCUT2D eigenvalue weighted by Crippen LogP contribution is -2.20. The minimum absolute atomic E-state index is 0.311. The summed E-state index contributed by atoms with van der Waals surface area (Å²) < 4.78 is 1.47. The summed E-state index contributed by atoms with van der Waals surface area (Å²) in [5, 5.41) is 3.60. The third kappa shape index (κ3) is 4.29. The molecule has 0 aliphatic carbocycles. The number of nitrogens with zero attached hydrogens (tertiary/aromatic N) is 2. The minimum atomic E-state index is -0.311. The van der Waals surface area contributed by atoms with Crippen LogP contribution in [0.5, 0.6) is 0 Å². The Kier molecular flexibility index (Phi) is 5.22. The van der Waals surface area contributed by atoms with Gasteiger partial charge in [-0.3, -0.25) is 9.56 Å². The number of rotatable bonds is 3. The summed E-state index contributed by atoms with van der Waals surface area (Å²) in [5.41, 5.74) is 3.22. The first-order valence-corrected chi connectivity index (χ1v) is 8.33. The molecular weight excluding hydrogens is 357 g/mol. The molecular formula is C19H15Cl2N3O. The van der Waals surface area contributed by atoms with E-state index in [1.165, 1.54) is 10.1 Å². The van der Waals surface area contributed by atoms with E-state index >= 15 is 0 Å². The monoisotopic (exact) mass is 371 g/mol. The quantitative estimate of drug-likeness (QED) is 0.569. The van der Waals surface area contributed by atoms with E-state index in [0.29, 0.717) is 21.4 Å². The first kappa shape index (κ1) is 17.3. The van der Waals surface area contributed by atoms with Crippen molar-refractivity contribution in [2.24, 2.45) is 4.99 Å². The number of hydrogen-bond donors (Lipinski definition) is 1. The van der Waals surface area contributed by atoms with E-state index in [1.807, 2.05) is 37.3 Å². The number of carbonyl (C=O) groups is 1. The second-order valence-corrected chi connectivity index (χ2v) is 6.27. The number of aliphatic imine (C=N–C) groups is 1. The highest BCUT2D eigenvalue weighted by Gasteiger charge is 2.09. The lowest BCUT2D eigenvalue weighted by molar-refractivity contribution is 0.253. The zero-order valence-corrected chi connectivity index (χ0v) is 14.9. The number of benzene rings is 2. The molecule has 2 aromatic carbocycles. The van der Waals surface area contributed by atoms with E-state index in [9.17, 15) is 4.79 Å². The molecule has 0 fully saturated rings. The Morgan fingerprint density at radius 1 is 1.08 bits per heavy atom. The maximum absolute atomic E-state index is 12.5. The summed E-state index contributed by atoms with van der Waals surface area (Å²) in [4.78, 5) is 16.9. The molecule has 25 heavy (non-hydrogen) atoms. The summed E-state index contributed by atoms with van der Waals surface area (Å²) >= 11 is 11.9. The summed E-state index contributed by atoms with van der Waals surface area (Å²) in [6, 6.07) is 16.0. The summed E-state index contributed by atoms with van der Waals surface area (Å²) in [6.45, 7) is 2.02. The van der Waals surface area contributed by atoms with Crippen LogP contribution in [-0.2, 0) is 0 Å². The Balaban J connectivity index is 1.77. The van der Waals surface area contributed by atoms with Crippen molar-refractivity contribution in [3.05, 3.63) is 82.1 Å². The van der Waals surface area contributed by atoms with E-state index < -0.39 is 0 Å². The van der Waals surface area contributed by atoms with E-state index in [0.717, 1.165) is 5.69 Å². The molecule has 0 radical (unpaired) electrons. The van der Waals surface area contributed by atoms with Crippen molar-refractivity contribution in [2.75, 3.05) is 5.32 Å². The lowest BCUT2D eigenvalue weighted by atomic mass is 10.2. The number of hydrogen-bond acceptors (Lipinski definition) is 2. The second-order valence-electron chi connectivity index (χ2n) is 5.46. The van der Waals surface area contributed by atoms with Gasteiger partial charge in [0, 0.05) is 11.9 Å². The first-order chi connectivity index (χ1) is 12.0. The number of anilines is 1. The standard InChI is InChI=1S/C19H15Cl2N3O/c1-13-4-6-14(7-5-13)22-12-16-3-2-10-24(16)19(25)23-15-8-9-17(20)18(21)11-15/h2-12H,1H3,(H,23,25). The van der Waals surface area contributed by atoms with E-state index in [2.05, 4.69) is 10.3 Å². The highest BCUT2D eigenvalue weighted by atomic mass is 35.5. The molecule has 0 bridgehead atoms. The van der Waals surface area contributed by atoms with Crippen molar-refractivity contribution in [1.82, 2.24) is 4.57 Å². The molecule has 3 aromatic rings. The Labute approximate surface area is 155 Å². The molecule has 0 aliphatic heterocycles. The van der Waals surface area contributed by atoms with Gasteiger partial charge in [-0.25, -0.2) is 4.79 Å². The molecule has 0 atom stereocenters. The van der Waals surface area contributed by atoms with Crippen LogP contribution in [0, 0.1) is 6.92 Å². The normalized spacial score (nSPS) is 11.0. The van der Waals surface area contributed by atoms with Crippen LogP contribution < -0.4 is 5.32 Å². The van der Waals surface area contributed by atoms with Crippen LogP contribution >= 0.6 is 23.2 Å². The highest BCUT2D eigenvalue weighted by molar-refractivity contribution is 6.42. The lowest BCUT2D eigenvalue weighted by Gasteiger charge is -2.08. The Morgan fingerprint density at radius 2 is 1.84 bits per heavy atom. The van der Waals surface area contributed by atoms with Crippen LogP contribution in [0.2, 0.25) is 10.0 Å². The van der Waals surface area contributed by atoms with Crippen molar-refractivity contribution in [2.45, 2.75) is 6.92 Å². The van der Waals surface area contributed by atoms with E-state index in [1.54, 1.807) is 36.7 Å². The molecule has 1 aromatic heterocycles. The largest absolute Gasteiger partial charge is 0.330 e. The second kappa shape index (κ2) is 7.55. The summed E-state index contributed by atoms with van der Waals surface area (Å²) in [6.07, 6.45) is 3.32. The smallest absolute Gasteiger partial charge is 0.307 e. The number of halogens is 2. The van der Waals surface area contributed by atoms with Crippen molar-refractivity contribution in [1.29, 1.82) is 0 Å². The number of aromatic nitrogens is 1. The third-order valence-corrected chi connectivity index (χ3v) is 4.29. The predicted molar refractivity (Wildman–Crippen MR) is 104 cm³/mol. The van der Waals surface area contributed by atoms with Crippen molar-refractivity contribution < 1.29 is 4.79 Å². The molecule has 4 nitrogen and oxygen atoms in total. The molecule has 0 aliphatic rings. The van der Waals surface area contributed by atoms with E-state index in [-0.39, 0.29) is 6.03 Å². The number of carbonyl (C=O) groups excluding carboxylic acids is 1. The molecule has 1 heterocycles. The van der Waals surface area contributed by atoms with Gasteiger partial charge in [0.15, 0.2) is 0 Å². The molecule has 0 unspecified atom stereocenters. The fourth-order valence-corrected chi connectivity index (χ4v) is 2.51. The van der Waals surface area contributed by atoms with Gasteiger partial charge in [-0.2, -0.15) is 0 Å². The van der Waals surface area contributed by atoms with Gasteiger partial charge < -0.3 is 5.32 Å². The van der Waals surface area contributed by atoms with Crippen LogP contribution in [0.1, 0.15) is 11.3 Å². The predicted octanol–water partition coefficient (Wildman–Crippen LogP) is 5.93. The van der Waals surface area contributed by atoms with Gasteiger partial charge in [0.25, 0.3) is 0 Å². The van der Waals surface area contributed by atoms with Gasteiger partial charge in [-0.1, -0.05) is 40.9 Å². The molecule has 3 rings (SSSR count). The average Bonchev–Trinajstić information content (AvgIpc) is 3.06. The Hall–Kier alpha value is -2.56. The number of nitrogens with one attached hydrogen (secondary N) is 1. The number of aryl methyl sites for hydroxylation is 1. The van der Waals surface area contributed by atoms with Crippen molar-refractivity contribution in [3.8, 4) is 0 Å². The fraction of sp³-hybridized carbons (Fsp3) is 0.0526. The first-order valence-electron chi connectivity index (χ1n) is 7.57. The zero-order chi connectivity index (χ0) is 17.8. The minimum Gasteiger partial charge on any atom is -0.307 e. The summed E-state index contributed by atoms with van der Waals surface area (Å²) in [7, 11) is 0. The van der Waals surface area contributed by atoms with Crippen molar-refractivity contribution in [3.63, 3.8) is 0 Å². The van der Waals surface area contributed by atoms with Gasteiger partial charge in [-0.05, 0) is 49.4 Å². The molecule has 126 valence electrons. The van der Waals surface area contributed by atoms with Crippen molar-refractivity contribution >= 4 is 46.8 Å². The van der Waals surface area contributed by atoms with Crippen LogP contribution in [-0.4, -0.2) is 16.8 Å². The van der Waals surface area contributed by atoms with Crippen LogP contribution in [0.25, 0.3) is 0 Å². The van der Waals surface area contributed by atoms with Gasteiger partial charge in [0.2, 0.25) is 0 Å². The van der Waals surface area contributed by atoms with E-state index in [4.69, 9.17) is 23.2 Å². The maximum atomic E-state index is 12.5. The third-order valence-electron chi connectivity index (χ3n) is 3.55. The van der Waals surface area contributed by atoms with Gasteiger partial charge in [0.05, 0.1) is 27.6 Å². The Bertz CT molecular complexity index is 930. The highest BCUT2D eigenvalue weighted by Crippen LogP contribution is 2.25. The average molecular weight is 372 g/mol. The maximum Gasteiger partial charge on any atom is 0.330 e. The zero-order valence-electron chi connectivity index (χ0n) is 13.4. The van der Waals surface area contributed by atoms with Crippen LogP contribution in [0.15, 0.2) is 65.8 Å². The molecule has 6 heteroatoms. The van der Waals surface area contributed by atoms with Crippen LogP contribution in [0.4, 0.5) is 16.2 Å². The molecule has 1 N–H and O–H groups in total. The molecule has 0 spiro atoms. The van der Waals surface area contributed by atoms with Gasteiger partial charge in [0.1, 0.15) is 0 Å². The summed E-state index contributed by atoms with van der Waals surface area (Å²) in [5.74, 6) is 0. The molecule has 0 saturated carbocycles.